The molecular weight excluding hydrogens is 461 g/mol. The molecule has 1 N–H and O–H groups in total. The first kappa shape index (κ1) is 34.9. The minimum Gasteiger partial charge on any atom is -0.381 e. The second-order valence-electron chi connectivity index (χ2n) is 10.3. The van der Waals surface area contributed by atoms with Crippen LogP contribution >= 0.6 is 8.60 Å². The molecule has 0 heterocycles. The lowest BCUT2D eigenvalue weighted by molar-refractivity contribution is -0.118. The number of rotatable bonds is 28. The van der Waals surface area contributed by atoms with Crippen molar-refractivity contribution in [3.05, 3.63) is 0 Å². The van der Waals surface area contributed by atoms with Gasteiger partial charge >= 0.3 is 8.60 Å². The maximum absolute atomic E-state index is 11.5. The van der Waals surface area contributed by atoms with Crippen LogP contribution < -0.4 is 0 Å². The van der Waals surface area contributed by atoms with Gasteiger partial charge in [0.25, 0.3) is 0 Å². The zero-order valence-electron chi connectivity index (χ0n) is 23.6. The highest BCUT2D eigenvalue weighted by molar-refractivity contribution is 7.40. The van der Waals surface area contributed by atoms with E-state index >= 15 is 0 Å². The van der Waals surface area contributed by atoms with E-state index in [1.165, 1.54) is 96.3 Å². The summed E-state index contributed by atoms with van der Waals surface area (Å²) in [7, 11) is 1.99. The van der Waals surface area contributed by atoms with Crippen LogP contribution in [0, 0.1) is 5.92 Å². The molecule has 0 saturated carbocycles. The first-order valence-corrected chi connectivity index (χ1v) is 15.6. The van der Waals surface area contributed by atoms with Gasteiger partial charge in [-0.05, 0) is 27.4 Å². The molecule has 0 bridgehead atoms. The monoisotopic (exact) mass is 519 g/mol. The van der Waals surface area contributed by atoms with Gasteiger partial charge in [-0.25, -0.2) is 0 Å². The molecule has 0 aliphatic heterocycles. The fourth-order valence-electron chi connectivity index (χ4n) is 4.08. The van der Waals surface area contributed by atoms with Crippen LogP contribution in [0.4, 0.5) is 0 Å². The smallest absolute Gasteiger partial charge is 0.329 e. The van der Waals surface area contributed by atoms with Crippen LogP contribution in [0.15, 0.2) is 0 Å². The minimum absolute atomic E-state index is 0.0387. The molecule has 0 spiro atoms. The summed E-state index contributed by atoms with van der Waals surface area (Å²) in [5, 5.41) is 0. The summed E-state index contributed by atoms with van der Waals surface area (Å²) in [4.78, 5) is 23.4. The van der Waals surface area contributed by atoms with Crippen LogP contribution in [-0.2, 0) is 18.6 Å². The molecule has 0 aliphatic rings. The first-order chi connectivity index (χ1) is 17.0. The van der Waals surface area contributed by atoms with Crippen LogP contribution in [0.25, 0.3) is 0 Å². The van der Waals surface area contributed by atoms with Crippen LogP contribution in [0.1, 0.15) is 123 Å². The van der Waals surface area contributed by atoms with Gasteiger partial charge in [0.1, 0.15) is 5.78 Å². The van der Waals surface area contributed by atoms with Crippen molar-refractivity contribution in [1.82, 2.24) is 4.90 Å². The van der Waals surface area contributed by atoms with Gasteiger partial charge in [0, 0.05) is 25.5 Å². The van der Waals surface area contributed by atoms with Gasteiger partial charge < -0.3 is 28.4 Å². The third-order valence-electron chi connectivity index (χ3n) is 6.23. The molecule has 35 heavy (non-hydrogen) atoms. The highest BCUT2D eigenvalue weighted by atomic mass is 31.2. The average Bonchev–Trinajstić information content (AvgIpc) is 2.81. The summed E-state index contributed by atoms with van der Waals surface area (Å²) in [6.45, 7) is 6.49. The highest BCUT2D eigenvalue weighted by Crippen LogP contribution is 2.33. The Bertz CT molecular complexity index is 453. The van der Waals surface area contributed by atoms with E-state index in [9.17, 15) is 9.69 Å². The summed E-state index contributed by atoms with van der Waals surface area (Å²) < 4.78 is 16.5. The molecule has 0 aromatic rings. The fourth-order valence-corrected chi connectivity index (χ4v) is 4.73. The quantitative estimate of drug-likeness (QED) is 0.0845. The van der Waals surface area contributed by atoms with Crippen LogP contribution in [0.5, 0.6) is 0 Å². The first-order valence-electron chi connectivity index (χ1n) is 14.4. The Morgan fingerprint density at radius 1 is 0.743 bits per heavy atom. The number of nitrogens with zero attached hydrogens (tertiary/aromatic N) is 1. The molecule has 0 rings (SSSR count). The standard InChI is InChI=1S/C28H58NO5P/c1-5-6-7-8-9-10-11-12-13-14-15-16-17-18-19-20-22-32-25-28(24-27(2)30)26-34-35(31)33-23-21-29(3)4/h28,31H,5-26H2,1-4H3. The number of hydrogen-bond donors (Lipinski definition) is 1. The largest absolute Gasteiger partial charge is 0.381 e. The Morgan fingerprint density at radius 2 is 1.23 bits per heavy atom. The second-order valence-corrected chi connectivity index (χ2v) is 11.3. The van der Waals surface area contributed by atoms with Crippen LogP contribution in [0.2, 0.25) is 0 Å². The molecule has 0 amide bonds. The lowest BCUT2D eigenvalue weighted by Gasteiger charge is -2.18. The summed E-state index contributed by atoms with van der Waals surface area (Å²) in [6, 6.07) is 0. The van der Waals surface area contributed by atoms with Crippen molar-refractivity contribution in [3.8, 4) is 0 Å². The molecule has 0 aliphatic carbocycles. The SMILES string of the molecule is CCCCCCCCCCCCCCCCCCOCC(COP(O)OCCN(C)C)CC(C)=O. The van der Waals surface area contributed by atoms with Crippen molar-refractivity contribution < 1.29 is 23.5 Å². The Hall–Kier alpha value is -0.100. The number of likely N-dealkylation sites (N-methyl/N-ethyl adjacent to an activating group) is 1. The third kappa shape index (κ3) is 28.3. The topological polar surface area (TPSA) is 68.2 Å². The van der Waals surface area contributed by atoms with Gasteiger partial charge in [0.2, 0.25) is 0 Å². The molecule has 2 atom stereocenters. The predicted octanol–water partition coefficient (Wildman–Crippen LogP) is 7.67. The molecule has 0 aromatic heterocycles. The molecule has 210 valence electrons. The Kier molecular flexibility index (Phi) is 26.9. The molecule has 6 nitrogen and oxygen atoms in total. The second kappa shape index (κ2) is 26.9. The number of hydrogen-bond acceptors (Lipinski definition) is 6. The third-order valence-corrected chi connectivity index (χ3v) is 7.01. The van der Waals surface area contributed by atoms with Gasteiger partial charge in [-0.15, -0.1) is 0 Å². The Morgan fingerprint density at radius 3 is 1.69 bits per heavy atom. The Labute approximate surface area is 218 Å². The molecular formula is C28H58NO5P. The molecule has 0 saturated heterocycles. The summed E-state index contributed by atoms with van der Waals surface area (Å²) in [5.41, 5.74) is 0. The number of carbonyl (C=O) groups is 1. The zero-order valence-corrected chi connectivity index (χ0v) is 24.5. The maximum Gasteiger partial charge on any atom is 0.329 e. The zero-order chi connectivity index (χ0) is 26.0. The van der Waals surface area contributed by atoms with Crippen molar-refractivity contribution in [3.63, 3.8) is 0 Å². The van der Waals surface area contributed by atoms with Crippen LogP contribution in [-0.4, -0.2) is 62.6 Å². The van der Waals surface area contributed by atoms with Gasteiger partial charge in [-0.2, -0.15) is 0 Å². The predicted molar refractivity (Wildman–Crippen MR) is 149 cm³/mol. The van der Waals surface area contributed by atoms with Gasteiger partial charge in [-0.1, -0.05) is 103 Å². The van der Waals surface area contributed by atoms with Crippen molar-refractivity contribution in [2.45, 2.75) is 123 Å². The van der Waals surface area contributed by atoms with E-state index in [1.807, 2.05) is 19.0 Å². The summed E-state index contributed by atoms with van der Waals surface area (Å²) >= 11 is 0. The number of ether oxygens (including phenoxy) is 1. The highest BCUT2D eigenvalue weighted by Gasteiger charge is 2.16. The van der Waals surface area contributed by atoms with E-state index in [0.29, 0.717) is 19.6 Å². The molecule has 0 radical (unpaired) electrons. The van der Waals surface area contributed by atoms with E-state index in [-0.39, 0.29) is 18.3 Å². The van der Waals surface area contributed by atoms with E-state index < -0.39 is 8.60 Å². The number of unbranched alkanes of at least 4 members (excludes halogenated alkanes) is 15. The van der Waals surface area contributed by atoms with E-state index in [1.54, 1.807) is 6.92 Å². The fraction of sp³-hybridized carbons (Fsp3) is 0.964. The number of ketones is 1. The molecule has 0 fully saturated rings. The summed E-state index contributed by atoms with van der Waals surface area (Å²) in [5.74, 6) is 0.0727. The van der Waals surface area contributed by atoms with E-state index in [4.69, 9.17) is 13.8 Å². The Balaban J connectivity index is 3.53. The number of Topliss-reactive ketones (excluding diaryl/α,β-unsaturated/α-hetero) is 1. The normalized spacial score (nSPS) is 13.4. The van der Waals surface area contributed by atoms with Crippen LogP contribution in [0.3, 0.4) is 0 Å². The summed E-state index contributed by atoms with van der Waals surface area (Å²) in [6.07, 6.45) is 22.1. The van der Waals surface area contributed by atoms with E-state index in [2.05, 4.69) is 6.92 Å². The van der Waals surface area contributed by atoms with E-state index in [0.717, 1.165) is 19.6 Å². The van der Waals surface area contributed by atoms with Crippen molar-refractivity contribution in [2.75, 3.05) is 47.1 Å². The van der Waals surface area contributed by atoms with Crippen molar-refractivity contribution in [2.24, 2.45) is 5.92 Å². The lowest BCUT2D eigenvalue weighted by atomic mass is 10.0. The van der Waals surface area contributed by atoms with Gasteiger partial charge in [0.05, 0.1) is 19.8 Å². The molecule has 2 unspecified atom stereocenters. The number of carbonyl (C=O) groups excluding carboxylic acids is 1. The van der Waals surface area contributed by atoms with Gasteiger partial charge in [-0.3, -0.25) is 0 Å². The minimum atomic E-state index is -1.90. The molecule has 0 aromatic carbocycles. The average molecular weight is 520 g/mol. The van der Waals surface area contributed by atoms with Crippen molar-refractivity contribution in [1.29, 1.82) is 0 Å². The molecule has 7 heteroatoms. The lowest BCUT2D eigenvalue weighted by Crippen LogP contribution is -2.20. The maximum atomic E-state index is 11.5. The van der Waals surface area contributed by atoms with Crippen molar-refractivity contribution >= 4 is 14.4 Å². The van der Waals surface area contributed by atoms with Gasteiger partial charge in [0.15, 0.2) is 0 Å².